The number of morpholine rings is 1. The molecule has 3 aliphatic rings. The van der Waals surface area contributed by atoms with Crippen LogP contribution in [0.5, 0.6) is 0 Å². The summed E-state index contributed by atoms with van der Waals surface area (Å²) in [5, 5.41) is 0. The molecule has 0 saturated carbocycles. The number of fused-ring (bicyclic) bond motifs is 2. The Morgan fingerprint density at radius 3 is 2.65 bits per heavy atom. The molecule has 1 aromatic heterocycles. The molecule has 3 unspecified atom stereocenters. The van der Waals surface area contributed by atoms with Gasteiger partial charge in [-0.2, -0.15) is 0 Å². The molecule has 3 fully saturated rings. The zero-order chi connectivity index (χ0) is 15.8. The number of piperazine rings is 1. The van der Waals surface area contributed by atoms with Crippen molar-refractivity contribution in [3.63, 3.8) is 0 Å². The van der Waals surface area contributed by atoms with E-state index in [0.717, 1.165) is 45.1 Å². The SMILES string of the molecule is CN1CCN(C(=O)C2CC3CN(c4ncccn4)CC2O3)CC1. The summed E-state index contributed by atoms with van der Waals surface area (Å²) >= 11 is 0. The second-order valence-corrected chi connectivity index (χ2v) is 6.72. The van der Waals surface area contributed by atoms with E-state index < -0.39 is 0 Å². The van der Waals surface area contributed by atoms with Gasteiger partial charge in [0.2, 0.25) is 11.9 Å². The van der Waals surface area contributed by atoms with Crippen LogP contribution in [0.1, 0.15) is 6.42 Å². The molecule has 3 aliphatic heterocycles. The van der Waals surface area contributed by atoms with Gasteiger partial charge < -0.3 is 19.4 Å². The number of carbonyl (C=O) groups excluding carboxylic acids is 1. The van der Waals surface area contributed by atoms with Crippen molar-refractivity contribution in [3.8, 4) is 0 Å². The highest BCUT2D eigenvalue weighted by molar-refractivity contribution is 5.80. The number of ether oxygens (including phenoxy) is 1. The van der Waals surface area contributed by atoms with Crippen molar-refractivity contribution in [1.29, 1.82) is 0 Å². The molecule has 3 atom stereocenters. The van der Waals surface area contributed by atoms with E-state index in [-0.39, 0.29) is 24.0 Å². The van der Waals surface area contributed by atoms with Gasteiger partial charge in [-0.3, -0.25) is 4.79 Å². The zero-order valence-corrected chi connectivity index (χ0v) is 13.5. The third-order valence-electron chi connectivity index (χ3n) is 5.12. The summed E-state index contributed by atoms with van der Waals surface area (Å²) in [6.07, 6.45) is 4.40. The van der Waals surface area contributed by atoms with E-state index in [4.69, 9.17) is 4.74 Å². The van der Waals surface area contributed by atoms with Crippen molar-refractivity contribution >= 4 is 11.9 Å². The lowest BCUT2D eigenvalue weighted by molar-refractivity contribution is -0.139. The molecule has 4 rings (SSSR count). The first-order chi connectivity index (χ1) is 11.2. The summed E-state index contributed by atoms with van der Waals surface area (Å²) in [5.74, 6) is 0.983. The van der Waals surface area contributed by atoms with Crippen LogP contribution in [-0.2, 0) is 9.53 Å². The lowest BCUT2D eigenvalue weighted by Gasteiger charge is -2.36. The van der Waals surface area contributed by atoms with Crippen LogP contribution in [0.2, 0.25) is 0 Å². The van der Waals surface area contributed by atoms with Gasteiger partial charge in [0.1, 0.15) is 0 Å². The van der Waals surface area contributed by atoms with Crippen molar-refractivity contribution in [2.75, 3.05) is 51.2 Å². The van der Waals surface area contributed by atoms with Crippen LogP contribution in [0.3, 0.4) is 0 Å². The predicted molar refractivity (Wildman–Crippen MR) is 85.1 cm³/mol. The highest BCUT2D eigenvalue weighted by atomic mass is 16.5. The molecule has 124 valence electrons. The first-order valence-corrected chi connectivity index (χ1v) is 8.35. The fraction of sp³-hybridized carbons (Fsp3) is 0.688. The molecule has 3 saturated heterocycles. The Labute approximate surface area is 136 Å². The Balaban J connectivity index is 1.43. The average molecular weight is 317 g/mol. The van der Waals surface area contributed by atoms with E-state index in [1.807, 2.05) is 11.0 Å². The topological polar surface area (TPSA) is 61.8 Å². The Morgan fingerprint density at radius 2 is 1.91 bits per heavy atom. The van der Waals surface area contributed by atoms with E-state index in [2.05, 4.69) is 26.8 Å². The molecular formula is C16H23N5O2. The molecule has 1 aromatic rings. The highest BCUT2D eigenvalue weighted by Gasteiger charge is 2.46. The number of hydrogen-bond acceptors (Lipinski definition) is 6. The molecule has 0 spiro atoms. The van der Waals surface area contributed by atoms with Crippen molar-refractivity contribution < 1.29 is 9.53 Å². The number of carbonyl (C=O) groups is 1. The van der Waals surface area contributed by atoms with Crippen LogP contribution in [0.4, 0.5) is 5.95 Å². The van der Waals surface area contributed by atoms with E-state index in [0.29, 0.717) is 6.54 Å². The number of amides is 1. The number of aromatic nitrogens is 2. The van der Waals surface area contributed by atoms with E-state index >= 15 is 0 Å². The van der Waals surface area contributed by atoms with Gasteiger partial charge in [-0.15, -0.1) is 0 Å². The van der Waals surface area contributed by atoms with Crippen LogP contribution in [0.25, 0.3) is 0 Å². The third-order valence-corrected chi connectivity index (χ3v) is 5.12. The van der Waals surface area contributed by atoms with Gasteiger partial charge in [-0.1, -0.05) is 0 Å². The molecule has 23 heavy (non-hydrogen) atoms. The van der Waals surface area contributed by atoms with E-state index in [9.17, 15) is 4.79 Å². The maximum absolute atomic E-state index is 12.9. The van der Waals surface area contributed by atoms with Crippen LogP contribution < -0.4 is 4.90 Å². The van der Waals surface area contributed by atoms with Gasteiger partial charge in [0.05, 0.1) is 18.1 Å². The van der Waals surface area contributed by atoms with Crippen molar-refractivity contribution in [2.45, 2.75) is 18.6 Å². The third kappa shape index (κ3) is 2.90. The lowest BCUT2D eigenvalue weighted by Crippen LogP contribution is -2.51. The second-order valence-electron chi connectivity index (χ2n) is 6.72. The fourth-order valence-corrected chi connectivity index (χ4v) is 3.80. The largest absolute Gasteiger partial charge is 0.370 e. The molecular weight excluding hydrogens is 294 g/mol. The quantitative estimate of drug-likeness (QED) is 0.756. The standard InChI is InChI=1S/C16H23N5O2/c1-19-5-7-20(8-6-19)15(22)13-9-12-10-21(11-14(13)23-12)16-17-3-2-4-18-16/h2-4,12-14H,5-11H2,1H3. The number of nitrogens with zero attached hydrogens (tertiary/aromatic N) is 5. The van der Waals surface area contributed by atoms with Gasteiger partial charge in [-0.25, -0.2) is 9.97 Å². The molecule has 0 N–H and O–H groups in total. The summed E-state index contributed by atoms with van der Waals surface area (Å²) in [7, 11) is 2.10. The highest BCUT2D eigenvalue weighted by Crippen LogP contribution is 2.34. The smallest absolute Gasteiger partial charge is 0.228 e. The van der Waals surface area contributed by atoms with Crippen LogP contribution in [0, 0.1) is 5.92 Å². The van der Waals surface area contributed by atoms with Crippen molar-refractivity contribution in [3.05, 3.63) is 18.5 Å². The lowest BCUT2D eigenvalue weighted by atomic mass is 9.98. The average Bonchev–Trinajstić information content (AvgIpc) is 2.89. The molecule has 7 nitrogen and oxygen atoms in total. The summed E-state index contributed by atoms with van der Waals surface area (Å²) in [5.41, 5.74) is 0. The minimum Gasteiger partial charge on any atom is -0.370 e. The molecule has 0 aromatic carbocycles. The Morgan fingerprint density at radius 1 is 1.17 bits per heavy atom. The first-order valence-electron chi connectivity index (χ1n) is 8.35. The van der Waals surface area contributed by atoms with Crippen molar-refractivity contribution in [1.82, 2.24) is 19.8 Å². The molecule has 2 bridgehead atoms. The number of anilines is 1. The maximum atomic E-state index is 12.9. The number of rotatable bonds is 2. The summed E-state index contributed by atoms with van der Waals surface area (Å²) in [6, 6.07) is 1.82. The number of likely N-dealkylation sites (N-methyl/N-ethyl adjacent to an activating group) is 1. The molecule has 1 amide bonds. The van der Waals surface area contributed by atoms with Crippen LogP contribution >= 0.6 is 0 Å². The second kappa shape index (κ2) is 6.05. The first kappa shape index (κ1) is 14.8. The summed E-state index contributed by atoms with van der Waals surface area (Å²) in [4.78, 5) is 27.9. The maximum Gasteiger partial charge on any atom is 0.228 e. The van der Waals surface area contributed by atoms with Gasteiger partial charge in [0.25, 0.3) is 0 Å². The Bertz CT molecular complexity index is 561. The Hall–Kier alpha value is -1.73. The molecule has 4 heterocycles. The molecule has 0 radical (unpaired) electrons. The number of hydrogen-bond donors (Lipinski definition) is 0. The van der Waals surface area contributed by atoms with Gasteiger partial charge in [-0.05, 0) is 19.5 Å². The van der Waals surface area contributed by atoms with Crippen molar-refractivity contribution in [2.24, 2.45) is 5.92 Å². The van der Waals surface area contributed by atoms with E-state index in [1.54, 1.807) is 12.4 Å². The van der Waals surface area contributed by atoms with E-state index in [1.165, 1.54) is 0 Å². The van der Waals surface area contributed by atoms with Gasteiger partial charge in [0.15, 0.2) is 0 Å². The fourth-order valence-electron chi connectivity index (χ4n) is 3.80. The monoisotopic (exact) mass is 317 g/mol. The predicted octanol–water partition coefficient (Wildman–Crippen LogP) is -0.156. The minimum atomic E-state index is -0.0373. The molecule has 7 heteroatoms. The normalized spacial score (nSPS) is 31.4. The zero-order valence-electron chi connectivity index (χ0n) is 13.5. The molecule has 0 aliphatic carbocycles. The van der Waals surface area contributed by atoms with Crippen LogP contribution in [-0.4, -0.2) is 84.2 Å². The van der Waals surface area contributed by atoms with Crippen LogP contribution in [0.15, 0.2) is 18.5 Å². The summed E-state index contributed by atoms with van der Waals surface area (Å²) in [6.45, 7) is 5.04. The Kier molecular flexibility index (Phi) is 3.90. The van der Waals surface area contributed by atoms with Gasteiger partial charge in [0, 0.05) is 51.7 Å². The minimum absolute atomic E-state index is 0.0166. The summed E-state index contributed by atoms with van der Waals surface area (Å²) < 4.78 is 6.04. The van der Waals surface area contributed by atoms with Gasteiger partial charge >= 0.3 is 0 Å².